The van der Waals surface area contributed by atoms with Gasteiger partial charge in [0.05, 0.1) is 16.2 Å². The molecule has 0 saturated heterocycles. The Bertz CT molecular complexity index is 776. The summed E-state index contributed by atoms with van der Waals surface area (Å²) in [6.45, 7) is 0. The number of carbonyl (C=O) groups excluding carboxylic acids is 1. The van der Waals surface area contributed by atoms with Gasteiger partial charge in [0, 0.05) is 22.2 Å². The fraction of sp³-hybridized carbons (Fsp3) is 0. The van der Waals surface area contributed by atoms with E-state index in [9.17, 15) is 19.7 Å². The van der Waals surface area contributed by atoms with Gasteiger partial charge in [-0.25, -0.2) is 4.79 Å². The molecule has 22 heavy (non-hydrogen) atoms. The summed E-state index contributed by atoms with van der Waals surface area (Å²) >= 11 is 3.15. The maximum absolute atomic E-state index is 12.1. The number of amides is 1. The molecule has 0 bridgehead atoms. The number of carboxylic acid groups (broad SMARTS) is 1. The van der Waals surface area contributed by atoms with Crippen molar-refractivity contribution in [3.8, 4) is 0 Å². The molecule has 2 aromatic carbocycles. The van der Waals surface area contributed by atoms with E-state index in [0.717, 1.165) is 6.07 Å². The number of rotatable bonds is 4. The zero-order valence-corrected chi connectivity index (χ0v) is 12.5. The lowest BCUT2D eigenvalue weighted by molar-refractivity contribution is -0.384. The number of nitrogens with zero attached hydrogens (tertiary/aromatic N) is 1. The summed E-state index contributed by atoms with van der Waals surface area (Å²) in [6, 6.07) is 9.53. The van der Waals surface area contributed by atoms with E-state index in [1.54, 1.807) is 6.07 Å². The fourth-order valence-electron chi connectivity index (χ4n) is 1.76. The van der Waals surface area contributed by atoms with Crippen molar-refractivity contribution >= 4 is 39.2 Å². The van der Waals surface area contributed by atoms with E-state index in [0.29, 0.717) is 4.47 Å². The molecule has 112 valence electrons. The molecule has 1 amide bonds. The quantitative estimate of drug-likeness (QED) is 0.638. The first-order chi connectivity index (χ1) is 10.4. The van der Waals surface area contributed by atoms with Crippen molar-refractivity contribution in [1.82, 2.24) is 0 Å². The van der Waals surface area contributed by atoms with Crippen LogP contribution in [0.1, 0.15) is 20.7 Å². The molecule has 0 radical (unpaired) electrons. The van der Waals surface area contributed by atoms with Gasteiger partial charge in [-0.1, -0.05) is 22.0 Å². The number of benzene rings is 2. The lowest BCUT2D eigenvalue weighted by Crippen LogP contribution is -2.15. The summed E-state index contributed by atoms with van der Waals surface area (Å²) in [7, 11) is 0. The van der Waals surface area contributed by atoms with Gasteiger partial charge < -0.3 is 10.4 Å². The number of anilines is 1. The molecule has 0 fully saturated rings. The summed E-state index contributed by atoms with van der Waals surface area (Å²) in [5.41, 5.74) is -0.143. The van der Waals surface area contributed by atoms with Crippen LogP contribution in [0.2, 0.25) is 0 Å². The molecule has 0 aliphatic heterocycles. The Hall–Kier alpha value is -2.74. The van der Waals surface area contributed by atoms with Crippen LogP contribution >= 0.6 is 15.9 Å². The lowest BCUT2D eigenvalue weighted by Gasteiger charge is -2.09. The second-order valence-corrected chi connectivity index (χ2v) is 5.17. The highest BCUT2D eigenvalue weighted by molar-refractivity contribution is 9.10. The molecule has 0 saturated carbocycles. The first-order valence-electron chi connectivity index (χ1n) is 5.97. The number of hydrogen-bond donors (Lipinski definition) is 2. The third-order valence-corrected chi connectivity index (χ3v) is 3.27. The number of nitro groups is 1. The van der Waals surface area contributed by atoms with Gasteiger partial charge in [-0.2, -0.15) is 0 Å². The second kappa shape index (κ2) is 6.35. The molecule has 2 N–H and O–H groups in total. The topological polar surface area (TPSA) is 110 Å². The van der Waals surface area contributed by atoms with Gasteiger partial charge in [-0.05, 0) is 24.3 Å². The molecule has 2 aromatic rings. The molecule has 2 rings (SSSR count). The van der Waals surface area contributed by atoms with Crippen molar-refractivity contribution in [3.05, 3.63) is 68.2 Å². The summed E-state index contributed by atoms with van der Waals surface area (Å²) in [5.74, 6) is -1.83. The van der Waals surface area contributed by atoms with Crippen molar-refractivity contribution in [3.63, 3.8) is 0 Å². The number of hydrogen-bond acceptors (Lipinski definition) is 4. The average molecular weight is 365 g/mol. The van der Waals surface area contributed by atoms with E-state index in [2.05, 4.69) is 21.2 Å². The van der Waals surface area contributed by atoms with E-state index in [-0.39, 0.29) is 22.5 Å². The molecular weight excluding hydrogens is 356 g/mol. The second-order valence-electron chi connectivity index (χ2n) is 4.26. The first kappa shape index (κ1) is 15.6. The van der Waals surface area contributed by atoms with Crippen LogP contribution < -0.4 is 5.32 Å². The lowest BCUT2D eigenvalue weighted by atomic mass is 10.1. The number of nitro benzene ring substituents is 1. The SMILES string of the molecule is O=C(Nc1ccc(Br)cc1C(=O)O)c1cccc([N+](=O)[O-])c1. The van der Waals surface area contributed by atoms with Gasteiger partial charge >= 0.3 is 5.97 Å². The Morgan fingerprint density at radius 1 is 1.18 bits per heavy atom. The number of nitrogens with one attached hydrogen (secondary N) is 1. The number of halogens is 1. The molecule has 7 nitrogen and oxygen atoms in total. The van der Waals surface area contributed by atoms with Crippen molar-refractivity contribution in [2.24, 2.45) is 0 Å². The molecule has 8 heteroatoms. The zero-order valence-electron chi connectivity index (χ0n) is 10.9. The third-order valence-electron chi connectivity index (χ3n) is 2.78. The molecule has 0 aromatic heterocycles. The molecule has 0 atom stereocenters. The van der Waals surface area contributed by atoms with E-state index in [4.69, 9.17) is 5.11 Å². The van der Waals surface area contributed by atoms with Crippen LogP contribution in [0.25, 0.3) is 0 Å². The van der Waals surface area contributed by atoms with Crippen molar-refractivity contribution < 1.29 is 19.6 Å². The van der Waals surface area contributed by atoms with Gasteiger partial charge in [-0.15, -0.1) is 0 Å². The van der Waals surface area contributed by atoms with E-state index in [1.807, 2.05) is 0 Å². The molecule has 0 unspecified atom stereocenters. The molecule has 0 spiro atoms. The number of carbonyl (C=O) groups is 2. The Morgan fingerprint density at radius 2 is 1.91 bits per heavy atom. The van der Waals surface area contributed by atoms with Gasteiger partial charge in [-0.3, -0.25) is 14.9 Å². The Balaban J connectivity index is 2.31. The Labute approximate surface area is 132 Å². The number of aromatic carboxylic acids is 1. The highest BCUT2D eigenvalue weighted by atomic mass is 79.9. The smallest absolute Gasteiger partial charge is 0.337 e. The standard InChI is InChI=1S/C14H9BrN2O5/c15-9-4-5-12(11(7-9)14(19)20)16-13(18)8-2-1-3-10(6-8)17(21)22/h1-7H,(H,16,18)(H,19,20). The fourth-order valence-corrected chi connectivity index (χ4v) is 2.12. The average Bonchev–Trinajstić information content (AvgIpc) is 2.48. The van der Waals surface area contributed by atoms with E-state index < -0.39 is 16.8 Å². The van der Waals surface area contributed by atoms with Crippen molar-refractivity contribution in [1.29, 1.82) is 0 Å². The van der Waals surface area contributed by atoms with Crippen LogP contribution in [0.4, 0.5) is 11.4 Å². The summed E-state index contributed by atoms with van der Waals surface area (Å²) in [4.78, 5) is 33.4. The monoisotopic (exact) mass is 364 g/mol. The van der Waals surface area contributed by atoms with Crippen LogP contribution in [0.15, 0.2) is 46.9 Å². The summed E-state index contributed by atoms with van der Waals surface area (Å²) < 4.78 is 0.554. The van der Waals surface area contributed by atoms with Crippen LogP contribution in [0.3, 0.4) is 0 Å². The van der Waals surface area contributed by atoms with E-state index >= 15 is 0 Å². The van der Waals surface area contributed by atoms with Crippen LogP contribution in [-0.2, 0) is 0 Å². The third kappa shape index (κ3) is 3.47. The molecule has 0 aliphatic carbocycles. The first-order valence-corrected chi connectivity index (χ1v) is 6.76. The van der Waals surface area contributed by atoms with Gasteiger partial charge in [0.2, 0.25) is 0 Å². The predicted octanol–water partition coefficient (Wildman–Crippen LogP) is 3.31. The van der Waals surface area contributed by atoms with Crippen LogP contribution in [0.5, 0.6) is 0 Å². The maximum atomic E-state index is 12.1. The largest absolute Gasteiger partial charge is 0.478 e. The van der Waals surface area contributed by atoms with Gasteiger partial charge in [0.15, 0.2) is 0 Å². The highest BCUT2D eigenvalue weighted by Gasteiger charge is 2.16. The minimum absolute atomic E-state index is 0.0634. The molecule has 0 aliphatic rings. The summed E-state index contributed by atoms with van der Waals surface area (Å²) in [5, 5.41) is 22.3. The van der Waals surface area contributed by atoms with Crippen LogP contribution in [-0.4, -0.2) is 21.9 Å². The Morgan fingerprint density at radius 3 is 2.55 bits per heavy atom. The summed E-state index contributed by atoms with van der Waals surface area (Å²) in [6.07, 6.45) is 0. The maximum Gasteiger partial charge on any atom is 0.337 e. The molecular formula is C14H9BrN2O5. The predicted molar refractivity (Wildman–Crippen MR) is 82.2 cm³/mol. The highest BCUT2D eigenvalue weighted by Crippen LogP contribution is 2.22. The Kier molecular flexibility index (Phi) is 4.52. The minimum atomic E-state index is -1.20. The van der Waals surface area contributed by atoms with Crippen molar-refractivity contribution in [2.45, 2.75) is 0 Å². The van der Waals surface area contributed by atoms with E-state index in [1.165, 1.54) is 30.3 Å². The van der Waals surface area contributed by atoms with Gasteiger partial charge in [0.25, 0.3) is 11.6 Å². The van der Waals surface area contributed by atoms with Crippen LogP contribution in [0, 0.1) is 10.1 Å². The van der Waals surface area contributed by atoms with Crippen molar-refractivity contribution in [2.75, 3.05) is 5.32 Å². The zero-order chi connectivity index (χ0) is 16.3. The minimum Gasteiger partial charge on any atom is -0.478 e. The normalized spacial score (nSPS) is 10.0. The van der Waals surface area contributed by atoms with Gasteiger partial charge in [0.1, 0.15) is 0 Å². The molecule has 0 heterocycles. The number of carboxylic acids is 1. The number of non-ortho nitro benzene ring substituents is 1.